The molecule has 0 aromatic heterocycles. The molecule has 4 fully saturated rings. The van der Waals surface area contributed by atoms with Crippen molar-refractivity contribution in [3.8, 4) is 0 Å². The zero-order chi connectivity index (χ0) is 35.4. The van der Waals surface area contributed by atoms with Crippen LogP contribution >= 0.6 is 15.9 Å². The largest absolute Gasteiger partial charge is 0.436 e. The van der Waals surface area contributed by atoms with Gasteiger partial charge in [0.2, 0.25) is 5.91 Å². The number of para-hydroxylation sites is 1. The number of hydrogen-bond acceptors (Lipinski definition) is 7. The molecule has 2 aromatic rings. The number of benzene rings is 2. The van der Waals surface area contributed by atoms with Crippen molar-refractivity contribution in [1.82, 2.24) is 19.6 Å². The third-order valence-electron chi connectivity index (χ3n) is 11.9. The molecule has 5 aliphatic rings. The van der Waals surface area contributed by atoms with E-state index in [1.54, 1.807) is 4.90 Å². The van der Waals surface area contributed by atoms with Crippen molar-refractivity contribution >= 4 is 45.2 Å². The second kappa shape index (κ2) is 13.6. The molecule has 3 N–H and O–H groups in total. The lowest BCUT2D eigenvalue weighted by molar-refractivity contribution is -0.143. The van der Waals surface area contributed by atoms with E-state index in [-0.39, 0.29) is 22.4 Å². The summed E-state index contributed by atoms with van der Waals surface area (Å²) in [6.45, 7) is 2.89. The van der Waals surface area contributed by atoms with Crippen molar-refractivity contribution in [3.63, 3.8) is 0 Å². The molecule has 3 atom stereocenters. The Morgan fingerprint density at radius 3 is 2.32 bits per heavy atom. The number of anilines is 2. The minimum absolute atomic E-state index is 0.0543. The van der Waals surface area contributed by atoms with Gasteiger partial charge in [0.25, 0.3) is 5.91 Å². The number of fused-ring (bicyclic) bond motifs is 4. The van der Waals surface area contributed by atoms with Crippen molar-refractivity contribution in [1.29, 1.82) is 0 Å². The molecule has 0 saturated carbocycles. The summed E-state index contributed by atoms with van der Waals surface area (Å²) in [6, 6.07) is 11.7. The van der Waals surface area contributed by atoms with Crippen molar-refractivity contribution < 1.29 is 32.3 Å². The number of nitrogen functional groups attached to an aromatic ring is 1. The molecule has 2 unspecified atom stereocenters. The zero-order valence-electron chi connectivity index (χ0n) is 28.2. The Bertz CT molecular complexity index is 1630. The molecule has 2 aromatic carbocycles. The first kappa shape index (κ1) is 35.1. The highest BCUT2D eigenvalue weighted by molar-refractivity contribution is 9.10. The van der Waals surface area contributed by atoms with Crippen molar-refractivity contribution in [2.75, 3.05) is 57.4 Å². The van der Waals surface area contributed by atoms with Crippen molar-refractivity contribution in [2.24, 2.45) is 0 Å². The number of hydrogen-bond donors (Lipinski definition) is 2. The monoisotopic (exact) mass is 760 g/mol. The van der Waals surface area contributed by atoms with E-state index in [0.29, 0.717) is 76.7 Å². The van der Waals surface area contributed by atoms with Crippen LogP contribution in [0.4, 0.5) is 29.3 Å². The Labute approximate surface area is 298 Å². The normalized spacial score (nSPS) is 26.0. The summed E-state index contributed by atoms with van der Waals surface area (Å²) in [4.78, 5) is 48.6. The van der Waals surface area contributed by atoms with Crippen LogP contribution in [0.2, 0.25) is 0 Å². The predicted octanol–water partition coefficient (Wildman–Crippen LogP) is 5.24. The third kappa shape index (κ3) is 6.82. The summed E-state index contributed by atoms with van der Waals surface area (Å²) in [5, 5.41) is 2.94. The molecule has 0 aliphatic carbocycles. The first-order chi connectivity index (χ1) is 23.8. The van der Waals surface area contributed by atoms with Gasteiger partial charge in [-0.25, -0.2) is 4.79 Å². The molecule has 5 heterocycles. The maximum absolute atomic E-state index is 14.1. The van der Waals surface area contributed by atoms with Crippen LogP contribution in [0.25, 0.3) is 0 Å². The number of nitrogens with two attached hydrogens (primary N) is 1. The van der Waals surface area contributed by atoms with Gasteiger partial charge in [0, 0.05) is 85.8 Å². The number of amides is 3. The number of ether oxygens (including phenoxy) is 1. The van der Waals surface area contributed by atoms with Gasteiger partial charge in [-0.15, -0.1) is 0 Å². The van der Waals surface area contributed by atoms with E-state index in [2.05, 4.69) is 38.1 Å². The molecular weight excluding hydrogens is 717 g/mol. The molecule has 14 heteroatoms. The first-order valence-corrected chi connectivity index (χ1v) is 18.4. The Kier molecular flexibility index (Phi) is 9.57. The van der Waals surface area contributed by atoms with E-state index in [0.717, 1.165) is 30.2 Å². The van der Waals surface area contributed by atoms with Crippen LogP contribution in [-0.4, -0.2) is 108 Å². The zero-order valence-corrected chi connectivity index (χ0v) is 29.8. The summed E-state index contributed by atoms with van der Waals surface area (Å²) < 4.78 is 47.6. The summed E-state index contributed by atoms with van der Waals surface area (Å²) in [5.74, 6) is -0.490. The van der Waals surface area contributed by atoms with Crippen LogP contribution < -0.4 is 11.1 Å². The molecule has 4 saturated heterocycles. The molecule has 3 amide bonds. The van der Waals surface area contributed by atoms with Gasteiger partial charge in [0.15, 0.2) is 6.10 Å². The molecule has 2 bridgehead atoms. The number of piperidine rings is 2. The topological polar surface area (TPSA) is 111 Å². The minimum atomic E-state index is -4.71. The Morgan fingerprint density at radius 2 is 1.66 bits per heavy atom. The number of rotatable bonds is 5. The van der Waals surface area contributed by atoms with Crippen LogP contribution in [-0.2, 0) is 32.3 Å². The number of halogens is 4. The van der Waals surface area contributed by atoms with Gasteiger partial charge in [0.05, 0.1) is 11.3 Å². The lowest BCUT2D eigenvalue weighted by Crippen LogP contribution is -2.57. The SMILES string of the molecule is CN1C2CCC1CC(N1CCN(C(=O)[C@@H](Cc3cc(Br)c(N)c(C(F)(F)F)c3)OC(=O)N3CCC4(CC3)CC(=O)Nc3ccccc34)CC1)C2. The van der Waals surface area contributed by atoms with Crippen LogP contribution in [0, 0.1) is 0 Å². The maximum atomic E-state index is 14.1. The Balaban J connectivity index is 1.06. The smallest absolute Gasteiger partial charge is 0.418 e. The minimum Gasteiger partial charge on any atom is -0.436 e. The highest BCUT2D eigenvalue weighted by atomic mass is 79.9. The average molecular weight is 762 g/mol. The summed E-state index contributed by atoms with van der Waals surface area (Å²) in [7, 11) is 2.21. The lowest BCUT2D eigenvalue weighted by atomic mass is 9.68. The second-order valence-corrected chi connectivity index (χ2v) is 15.5. The number of alkyl halides is 3. The van der Waals surface area contributed by atoms with Crippen LogP contribution in [0.3, 0.4) is 0 Å². The van der Waals surface area contributed by atoms with Crippen LogP contribution in [0.15, 0.2) is 40.9 Å². The molecule has 50 heavy (non-hydrogen) atoms. The van der Waals surface area contributed by atoms with Gasteiger partial charge in [0.1, 0.15) is 0 Å². The van der Waals surface area contributed by atoms with Gasteiger partial charge in [-0.2, -0.15) is 13.2 Å². The molecule has 1 spiro atoms. The number of carbonyl (C=O) groups is 3. The Morgan fingerprint density at radius 1 is 1.00 bits per heavy atom. The average Bonchev–Trinajstić information content (AvgIpc) is 3.27. The van der Waals surface area contributed by atoms with Gasteiger partial charge in [-0.3, -0.25) is 14.5 Å². The number of nitrogens with zero attached hydrogens (tertiary/aromatic N) is 4. The number of likely N-dealkylation sites (tertiary alicyclic amines) is 1. The molecule has 7 rings (SSSR count). The Hall–Kier alpha value is -3.36. The summed E-state index contributed by atoms with van der Waals surface area (Å²) in [5.41, 5.74) is 5.88. The second-order valence-electron chi connectivity index (χ2n) is 14.7. The summed E-state index contributed by atoms with van der Waals surface area (Å²) in [6.07, 6.45) is -0.924. The highest BCUT2D eigenvalue weighted by Gasteiger charge is 2.45. The van der Waals surface area contributed by atoms with E-state index in [1.165, 1.54) is 23.8 Å². The van der Waals surface area contributed by atoms with Gasteiger partial charge >= 0.3 is 12.3 Å². The number of carbonyl (C=O) groups excluding carboxylic acids is 3. The highest BCUT2D eigenvalue weighted by Crippen LogP contribution is 2.45. The summed E-state index contributed by atoms with van der Waals surface area (Å²) >= 11 is 3.14. The fraction of sp³-hybridized carbons (Fsp3) is 0.583. The molecule has 5 aliphatic heterocycles. The van der Waals surface area contributed by atoms with E-state index in [1.807, 2.05) is 24.3 Å². The molecule has 270 valence electrons. The molecule has 10 nitrogen and oxygen atoms in total. The third-order valence-corrected chi connectivity index (χ3v) is 12.6. The van der Waals surface area contributed by atoms with Crippen LogP contribution in [0.5, 0.6) is 0 Å². The predicted molar refractivity (Wildman–Crippen MR) is 185 cm³/mol. The first-order valence-electron chi connectivity index (χ1n) is 17.6. The van der Waals surface area contributed by atoms with E-state index >= 15 is 0 Å². The fourth-order valence-corrected chi connectivity index (χ4v) is 9.53. The van der Waals surface area contributed by atoms with Gasteiger partial charge in [-0.1, -0.05) is 18.2 Å². The number of nitrogens with one attached hydrogen (secondary N) is 1. The van der Waals surface area contributed by atoms with Crippen LogP contribution in [0.1, 0.15) is 61.6 Å². The fourth-order valence-electron chi connectivity index (χ4n) is 9.02. The molecule has 0 radical (unpaired) electrons. The van der Waals surface area contributed by atoms with Gasteiger partial charge < -0.3 is 30.5 Å². The van der Waals surface area contributed by atoms with E-state index in [9.17, 15) is 27.6 Å². The lowest BCUT2D eigenvalue weighted by Gasteiger charge is -2.45. The number of piperazine rings is 1. The standard InChI is InChI=1S/C36H44BrF3N6O4/c1-43-23-6-7-24(43)20-25(19-23)44-12-14-45(15-13-44)33(48)30(18-22-16-27(36(38,39)40)32(41)28(37)17-22)50-34(49)46-10-8-35(9-11-46)21-31(47)42-29-5-3-2-4-26(29)35/h2-5,16-17,23-25,30H,6-15,18-21,41H2,1H3,(H,42,47)/t23?,24?,25?,30-/m1/s1. The van der Waals surface area contributed by atoms with E-state index < -0.39 is 40.9 Å². The van der Waals surface area contributed by atoms with Crippen molar-refractivity contribution in [3.05, 3.63) is 57.6 Å². The maximum Gasteiger partial charge on any atom is 0.418 e. The van der Waals surface area contributed by atoms with E-state index in [4.69, 9.17) is 10.5 Å². The quantitative estimate of drug-likeness (QED) is 0.401. The molecular formula is C36H44BrF3N6O4. The van der Waals surface area contributed by atoms with Gasteiger partial charge in [-0.05, 0) is 90.8 Å². The van der Waals surface area contributed by atoms with Crippen molar-refractivity contribution in [2.45, 2.75) is 87.2 Å².